The maximum absolute atomic E-state index is 5.64. The summed E-state index contributed by atoms with van der Waals surface area (Å²) in [6, 6.07) is 8.33. The number of rotatable bonds is 6. The van der Waals surface area contributed by atoms with Gasteiger partial charge in [0.15, 0.2) is 5.96 Å². The van der Waals surface area contributed by atoms with E-state index < -0.39 is 0 Å². The second-order valence-electron chi connectivity index (χ2n) is 4.80. The first-order valence-electron chi connectivity index (χ1n) is 7.01. The number of likely N-dealkylation sites (N-methyl/N-ethyl adjacent to an activating group) is 1. The molecule has 1 aromatic rings. The summed E-state index contributed by atoms with van der Waals surface area (Å²) in [5, 5.41) is 3.38. The summed E-state index contributed by atoms with van der Waals surface area (Å²) in [5.41, 5.74) is 1.29. The highest BCUT2D eigenvalue weighted by Gasteiger charge is 2.10. The molecule has 0 aromatic heterocycles. The molecule has 0 bridgehead atoms. The van der Waals surface area contributed by atoms with Crippen LogP contribution < -0.4 is 10.1 Å². The maximum Gasteiger partial charge on any atom is 0.193 e. The molecule has 1 heterocycles. The van der Waals surface area contributed by atoms with Gasteiger partial charge in [-0.05, 0) is 30.5 Å². The molecule has 0 atom stereocenters. The van der Waals surface area contributed by atoms with Crippen LogP contribution in [0, 0.1) is 0 Å². The van der Waals surface area contributed by atoms with Crippen LogP contribution in [0.15, 0.2) is 29.3 Å². The lowest BCUT2D eigenvalue weighted by Gasteiger charge is -2.15. The first kappa shape index (κ1) is 17.1. The van der Waals surface area contributed by atoms with Gasteiger partial charge in [-0.25, -0.2) is 0 Å². The molecule has 0 amide bonds. The van der Waals surface area contributed by atoms with Crippen molar-refractivity contribution in [2.75, 3.05) is 33.3 Å². The van der Waals surface area contributed by atoms with E-state index in [9.17, 15) is 0 Å². The number of nitrogens with one attached hydrogen (secondary N) is 1. The molecule has 1 aliphatic rings. The third kappa shape index (κ3) is 5.19. The predicted octanol–water partition coefficient (Wildman–Crippen LogP) is 2.53. The molecule has 4 nitrogen and oxygen atoms in total. The van der Waals surface area contributed by atoms with E-state index in [1.165, 1.54) is 5.56 Å². The van der Waals surface area contributed by atoms with Crippen molar-refractivity contribution in [2.24, 2.45) is 4.99 Å². The SMILES string of the molecule is CCCOc1cccc(CCNC2=NCCN2C)c1.I. The average molecular weight is 389 g/mol. The third-order valence-corrected chi connectivity index (χ3v) is 3.13. The summed E-state index contributed by atoms with van der Waals surface area (Å²) in [7, 11) is 2.07. The topological polar surface area (TPSA) is 36.9 Å². The molecular weight excluding hydrogens is 365 g/mol. The van der Waals surface area contributed by atoms with Crippen LogP contribution in [0.5, 0.6) is 5.75 Å². The van der Waals surface area contributed by atoms with Crippen LogP contribution in [0.25, 0.3) is 0 Å². The molecule has 0 radical (unpaired) electrons. The minimum atomic E-state index is 0. The van der Waals surface area contributed by atoms with E-state index in [1.807, 2.05) is 6.07 Å². The van der Waals surface area contributed by atoms with E-state index in [-0.39, 0.29) is 24.0 Å². The van der Waals surface area contributed by atoms with Crippen LogP contribution in [0.2, 0.25) is 0 Å². The normalized spacial score (nSPS) is 13.7. The number of benzene rings is 1. The highest BCUT2D eigenvalue weighted by molar-refractivity contribution is 14.0. The van der Waals surface area contributed by atoms with Crippen molar-refractivity contribution in [2.45, 2.75) is 19.8 Å². The van der Waals surface area contributed by atoms with Crippen LogP contribution in [0.3, 0.4) is 0 Å². The highest BCUT2D eigenvalue weighted by Crippen LogP contribution is 2.13. The molecule has 2 rings (SSSR count). The molecule has 0 unspecified atom stereocenters. The summed E-state index contributed by atoms with van der Waals surface area (Å²) >= 11 is 0. The Balaban J connectivity index is 0.00000200. The summed E-state index contributed by atoms with van der Waals surface area (Å²) in [4.78, 5) is 6.57. The van der Waals surface area contributed by atoms with Crippen molar-refractivity contribution in [1.29, 1.82) is 0 Å². The number of nitrogens with zero attached hydrogens (tertiary/aromatic N) is 2. The number of hydrogen-bond acceptors (Lipinski definition) is 4. The van der Waals surface area contributed by atoms with Crippen LogP contribution in [-0.2, 0) is 6.42 Å². The van der Waals surface area contributed by atoms with Gasteiger partial charge in [-0.1, -0.05) is 19.1 Å². The number of halogens is 1. The molecule has 0 saturated heterocycles. The van der Waals surface area contributed by atoms with Crippen LogP contribution in [0.1, 0.15) is 18.9 Å². The first-order chi connectivity index (χ1) is 9.29. The minimum Gasteiger partial charge on any atom is -0.494 e. The number of ether oxygens (including phenoxy) is 1. The summed E-state index contributed by atoms with van der Waals surface area (Å²) in [6.45, 7) is 5.72. The van der Waals surface area contributed by atoms with Gasteiger partial charge in [-0.3, -0.25) is 4.99 Å². The van der Waals surface area contributed by atoms with E-state index in [1.54, 1.807) is 0 Å². The Morgan fingerprint density at radius 1 is 1.40 bits per heavy atom. The van der Waals surface area contributed by atoms with Crippen LogP contribution in [0.4, 0.5) is 0 Å². The van der Waals surface area contributed by atoms with Gasteiger partial charge in [0.1, 0.15) is 5.75 Å². The standard InChI is InChI=1S/C15H23N3O.HI/c1-3-11-19-14-6-4-5-13(12-14)7-8-16-15-17-9-10-18(15)2;/h4-6,12H,3,7-11H2,1-2H3,(H,16,17);1H. The molecule has 1 aromatic carbocycles. The smallest absolute Gasteiger partial charge is 0.193 e. The maximum atomic E-state index is 5.64. The molecular formula is C15H24IN3O. The van der Waals surface area contributed by atoms with Gasteiger partial charge in [-0.15, -0.1) is 24.0 Å². The molecule has 20 heavy (non-hydrogen) atoms. The Bertz CT molecular complexity index is 437. The van der Waals surface area contributed by atoms with Crippen LogP contribution in [-0.4, -0.2) is 44.1 Å². The van der Waals surface area contributed by atoms with Crippen molar-refractivity contribution in [3.8, 4) is 5.75 Å². The van der Waals surface area contributed by atoms with Gasteiger partial charge in [0.2, 0.25) is 0 Å². The second kappa shape index (κ2) is 9.05. The Labute approximate surface area is 138 Å². The van der Waals surface area contributed by atoms with Crippen molar-refractivity contribution in [3.63, 3.8) is 0 Å². The highest BCUT2D eigenvalue weighted by atomic mass is 127. The Morgan fingerprint density at radius 2 is 2.25 bits per heavy atom. The van der Waals surface area contributed by atoms with Gasteiger partial charge in [0, 0.05) is 20.1 Å². The zero-order valence-electron chi connectivity index (χ0n) is 12.3. The first-order valence-corrected chi connectivity index (χ1v) is 7.01. The van der Waals surface area contributed by atoms with Gasteiger partial charge in [0.25, 0.3) is 0 Å². The Hall–Kier alpha value is -0.980. The molecule has 0 aliphatic carbocycles. The van der Waals surface area contributed by atoms with E-state index >= 15 is 0 Å². The minimum absolute atomic E-state index is 0. The number of aliphatic imine (C=N–C) groups is 1. The number of hydrogen-bond donors (Lipinski definition) is 1. The third-order valence-electron chi connectivity index (χ3n) is 3.13. The summed E-state index contributed by atoms with van der Waals surface area (Å²) < 4.78 is 5.64. The zero-order valence-corrected chi connectivity index (χ0v) is 14.6. The molecule has 5 heteroatoms. The molecule has 1 aliphatic heterocycles. The van der Waals surface area contributed by atoms with Gasteiger partial charge in [0.05, 0.1) is 13.2 Å². The van der Waals surface area contributed by atoms with Crippen LogP contribution >= 0.6 is 24.0 Å². The lowest BCUT2D eigenvalue weighted by atomic mass is 10.1. The molecule has 0 saturated carbocycles. The Kier molecular flexibility index (Phi) is 7.72. The Morgan fingerprint density at radius 3 is 2.95 bits per heavy atom. The fraction of sp³-hybridized carbons (Fsp3) is 0.533. The zero-order chi connectivity index (χ0) is 13.5. The van der Waals surface area contributed by atoms with E-state index in [0.717, 1.165) is 50.8 Å². The van der Waals surface area contributed by atoms with Gasteiger partial charge in [-0.2, -0.15) is 0 Å². The molecule has 0 fully saturated rings. The average Bonchev–Trinajstić information content (AvgIpc) is 2.83. The fourth-order valence-electron chi connectivity index (χ4n) is 2.05. The summed E-state index contributed by atoms with van der Waals surface area (Å²) in [5.74, 6) is 1.98. The molecule has 1 N–H and O–H groups in total. The second-order valence-corrected chi connectivity index (χ2v) is 4.80. The monoisotopic (exact) mass is 389 g/mol. The van der Waals surface area contributed by atoms with Gasteiger partial charge >= 0.3 is 0 Å². The van der Waals surface area contributed by atoms with Crippen molar-refractivity contribution in [1.82, 2.24) is 10.2 Å². The lowest BCUT2D eigenvalue weighted by Crippen LogP contribution is -2.36. The number of guanidine groups is 1. The van der Waals surface area contributed by atoms with Crippen molar-refractivity contribution >= 4 is 29.9 Å². The van der Waals surface area contributed by atoms with E-state index in [2.05, 4.69) is 47.4 Å². The van der Waals surface area contributed by atoms with Gasteiger partial charge < -0.3 is 15.0 Å². The quantitative estimate of drug-likeness (QED) is 0.760. The van der Waals surface area contributed by atoms with E-state index in [4.69, 9.17) is 4.74 Å². The summed E-state index contributed by atoms with van der Waals surface area (Å²) in [6.07, 6.45) is 2.02. The fourth-order valence-corrected chi connectivity index (χ4v) is 2.05. The largest absolute Gasteiger partial charge is 0.494 e. The lowest BCUT2D eigenvalue weighted by molar-refractivity contribution is 0.317. The predicted molar refractivity (Wildman–Crippen MR) is 94.3 cm³/mol. The molecule has 112 valence electrons. The van der Waals surface area contributed by atoms with E-state index in [0.29, 0.717) is 0 Å². The molecule has 0 spiro atoms. The van der Waals surface area contributed by atoms with Crippen molar-refractivity contribution in [3.05, 3.63) is 29.8 Å². The van der Waals surface area contributed by atoms with Crippen molar-refractivity contribution < 1.29 is 4.74 Å².